The first-order valence-electron chi connectivity index (χ1n) is 6.08. The Hall–Kier alpha value is -0.670. The van der Waals surface area contributed by atoms with Gasteiger partial charge < -0.3 is 4.74 Å². The van der Waals surface area contributed by atoms with Gasteiger partial charge in [-0.15, -0.1) is 5.10 Å². The molecule has 4 atom stereocenters. The number of ether oxygens (including phenoxy) is 1. The Morgan fingerprint density at radius 1 is 1.53 bits per heavy atom. The maximum atomic E-state index is 5.96. The van der Waals surface area contributed by atoms with Crippen molar-refractivity contribution in [3.8, 4) is 0 Å². The molecule has 3 aliphatic carbocycles. The minimum absolute atomic E-state index is 0.126. The van der Waals surface area contributed by atoms with Crippen molar-refractivity contribution in [1.82, 2.24) is 10.2 Å². The second kappa shape index (κ2) is 2.52. The SMILES string of the molecule is COCC12c3nnc(Cl)cc3C(C)C13CC23C. The van der Waals surface area contributed by atoms with Crippen molar-refractivity contribution in [1.29, 1.82) is 0 Å². The van der Waals surface area contributed by atoms with Crippen molar-refractivity contribution >= 4 is 11.6 Å². The molecule has 17 heavy (non-hydrogen) atoms. The summed E-state index contributed by atoms with van der Waals surface area (Å²) in [5, 5.41) is 8.92. The Morgan fingerprint density at radius 2 is 2.29 bits per heavy atom. The third-order valence-corrected chi connectivity index (χ3v) is 6.08. The Balaban J connectivity index is 1.94. The molecule has 0 aliphatic heterocycles. The van der Waals surface area contributed by atoms with Crippen LogP contribution in [0.3, 0.4) is 0 Å². The van der Waals surface area contributed by atoms with E-state index in [2.05, 4.69) is 24.0 Å². The highest BCUT2D eigenvalue weighted by Gasteiger charge is 3.01. The van der Waals surface area contributed by atoms with E-state index in [4.69, 9.17) is 16.3 Å². The normalized spacial score (nSPS) is 48.4. The number of halogens is 1. The summed E-state index contributed by atoms with van der Waals surface area (Å²) in [6.45, 7) is 5.42. The molecule has 4 unspecified atom stereocenters. The van der Waals surface area contributed by atoms with Crippen molar-refractivity contribution in [3.63, 3.8) is 0 Å². The number of hydrogen-bond acceptors (Lipinski definition) is 3. The first kappa shape index (κ1) is 10.3. The number of hydrogen-bond donors (Lipinski definition) is 0. The van der Waals surface area contributed by atoms with Crippen molar-refractivity contribution in [2.45, 2.75) is 31.6 Å². The van der Waals surface area contributed by atoms with E-state index in [1.54, 1.807) is 7.11 Å². The number of nitrogens with zero attached hydrogens (tertiary/aromatic N) is 2. The summed E-state index contributed by atoms with van der Waals surface area (Å²) in [4.78, 5) is 0. The van der Waals surface area contributed by atoms with E-state index >= 15 is 0 Å². The van der Waals surface area contributed by atoms with Crippen LogP contribution in [0.2, 0.25) is 5.15 Å². The molecule has 1 spiro atoms. The van der Waals surface area contributed by atoms with E-state index in [1.165, 1.54) is 12.0 Å². The van der Waals surface area contributed by atoms with E-state index in [0.29, 0.717) is 21.9 Å². The summed E-state index contributed by atoms with van der Waals surface area (Å²) in [5.74, 6) is 0.533. The van der Waals surface area contributed by atoms with Crippen LogP contribution in [0, 0.1) is 10.8 Å². The van der Waals surface area contributed by atoms with Gasteiger partial charge in [0.25, 0.3) is 0 Å². The molecule has 0 bridgehead atoms. The van der Waals surface area contributed by atoms with E-state index in [-0.39, 0.29) is 5.41 Å². The highest BCUT2D eigenvalue weighted by Crippen LogP contribution is 3.02. The predicted octanol–water partition coefficient (Wildman–Crippen LogP) is 2.54. The molecule has 0 saturated heterocycles. The average Bonchev–Trinajstić information content (AvgIpc) is 3.04. The summed E-state index contributed by atoms with van der Waals surface area (Å²) in [7, 11) is 1.77. The third kappa shape index (κ3) is 0.724. The second-order valence-electron chi connectivity index (χ2n) is 6.01. The molecular weight excluding hydrogens is 236 g/mol. The van der Waals surface area contributed by atoms with E-state index in [9.17, 15) is 0 Å². The van der Waals surface area contributed by atoms with Gasteiger partial charge in [-0.25, -0.2) is 0 Å². The largest absolute Gasteiger partial charge is 0.384 e. The van der Waals surface area contributed by atoms with Crippen LogP contribution >= 0.6 is 11.6 Å². The third-order valence-electron chi connectivity index (χ3n) is 5.90. The highest BCUT2D eigenvalue weighted by atomic mass is 35.5. The first-order chi connectivity index (χ1) is 8.05. The van der Waals surface area contributed by atoms with Crippen LogP contribution in [0.5, 0.6) is 0 Å². The van der Waals surface area contributed by atoms with Gasteiger partial charge in [0.15, 0.2) is 5.15 Å². The lowest BCUT2D eigenvalue weighted by Gasteiger charge is -2.23. The van der Waals surface area contributed by atoms with Crippen molar-refractivity contribution in [3.05, 3.63) is 22.5 Å². The van der Waals surface area contributed by atoms with Crippen LogP contribution in [0.4, 0.5) is 0 Å². The summed E-state index contributed by atoms with van der Waals surface area (Å²) in [6, 6.07) is 1.99. The van der Waals surface area contributed by atoms with Gasteiger partial charge in [0, 0.05) is 7.11 Å². The Bertz CT molecular complexity index is 548. The van der Waals surface area contributed by atoms with Gasteiger partial charge in [0.1, 0.15) is 0 Å². The zero-order valence-corrected chi connectivity index (χ0v) is 11.0. The van der Waals surface area contributed by atoms with Crippen LogP contribution in [0.15, 0.2) is 6.07 Å². The maximum Gasteiger partial charge on any atom is 0.152 e. The molecule has 3 aliphatic rings. The quantitative estimate of drug-likeness (QED) is 0.809. The van der Waals surface area contributed by atoms with Crippen LogP contribution < -0.4 is 0 Å². The van der Waals surface area contributed by atoms with E-state index < -0.39 is 0 Å². The molecule has 3 nitrogen and oxygen atoms in total. The Morgan fingerprint density at radius 3 is 2.94 bits per heavy atom. The van der Waals surface area contributed by atoms with Gasteiger partial charge in [0.05, 0.1) is 17.7 Å². The Kier molecular flexibility index (Phi) is 1.52. The lowest BCUT2D eigenvalue weighted by molar-refractivity contribution is 0.128. The number of rotatable bonds is 2. The maximum absolute atomic E-state index is 5.96. The summed E-state index contributed by atoms with van der Waals surface area (Å²) in [5.41, 5.74) is 3.34. The van der Waals surface area contributed by atoms with Crippen LogP contribution in [-0.4, -0.2) is 23.9 Å². The zero-order chi connectivity index (χ0) is 12.1. The smallest absolute Gasteiger partial charge is 0.152 e. The lowest BCUT2D eigenvalue weighted by atomic mass is 9.84. The topological polar surface area (TPSA) is 35.0 Å². The van der Waals surface area contributed by atoms with Gasteiger partial charge in [-0.3, -0.25) is 0 Å². The molecule has 1 aromatic heterocycles. The molecule has 4 rings (SSSR count). The second-order valence-corrected chi connectivity index (χ2v) is 6.40. The fourth-order valence-corrected chi connectivity index (χ4v) is 5.21. The summed E-state index contributed by atoms with van der Waals surface area (Å²) < 4.78 is 5.47. The fourth-order valence-electron chi connectivity index (χ4n) is 5.05. The van der Waals surface area contributed by atoms with Gasteiger partial charge >= 0.3 is 0 Å². The minimum atomic E-state index is 0.126. The van der Waals surface area contributed by atoms with Crippen LogP contribution in [0.1, 0.15) is 37.4 Å². The van der Waals surface area contributed by atoms with Crippen molar-refractivity contribution < 1.29 is 4.74 Å². The molecule has 0 amide bonds. The summed E-state index contributed by atoms with van der Waals surface area (Å²) >= 11 is 5.96. The van der Waals surface area contributed by atoms with Crippen LogP contribution in [0.25, 0.3) is 0 Å². The monoisotopic (exact) mass is 250 g/mol. The molecule has 2 fully saturated rings. The predicted molar refractivity (Wildman–Crippen MR) is 64.2 cm³/mol. The molecule has 1 heterocycles. The standard InChI is InChI=1S/C13H15ClN2O/c1-7-8-4-9(14)15-16-10(8)13(6-17-3)11(2)5-12(7,11)13/h4,7H,5-6H2,1-3H3. The van der Waals surface area contributed by atoms with Crippen molar-refractivity contribution in [2.75, 3.05) is 13.7 Å². The molecule has 4 heteroatoms. The zero-order valence-electron chi connectivity index (χ0n) is 10.2. The van der Waals surface area contributed by atoms with Gasteiger partial charge in [-0.2, -0.15) is 5.10 Å². The molecule has 0 aromatic carbocycles. The Labute approximate surface area is 106 Å². The molecule has 0 N–H and O–H groups in total. The molecule has 90 valence electrons. The molecular formula is C13H15ClN2O. The minimum Gasteiger partial charge on any atom is -0.384 e. The van der Waals surface area contributed by atoms with Crippen LogP contribution in [-0.2, 0) is 10.2 Å². The molecule has 2 saturated carbocycles. The number of fused-ring (bicyclic) bond motifs is 3. The fraction of sp³-hybridized carbons (Fsp3) is 0.692. The van der Waals surface area contributed by atoms with Gasteiger partial charge in [-0.05, 0) is 34.8 Å². The highest BCUT2D eigenvalue weighted by molar-refractivity contribution is 6.29. The van der Waals surface area contributed by atoms with Gasteiger partial charge in [-0.1, -0.05) is 25.4 Å². The molecule has 0 radical (unpaired) electrons. The van der Waals surface area contributed by atoms with E-state index in [1.807, 2.05) is 6.07 Å². The molecule has 1 aromatic rings. The van der Waals surface area contributed by atoms with Gasteiger partial charge in [0.2, 0.25) is 0 Å². The number of aromatic nitrogens is 2. The first-order valence-corrected chi connectivity index (χ1v) is 6.45. The van der Waals surface area contributed by atoms with E-state index in [0.717, 1.165) is 12.3 Å². The summed E-state index contributed by atoms with van der Waals surface area (Å²) in [6.07, 6.45) is 1.29. The lowest BCUT2D eigenvalue weighted by Crippen LogP contribution is -2.28. The number of methoxy groups -OCH3 is 1. The van der Waals surface area contributed by atoms with Crippen molar-refractivity contribution in [2.24, 2.45) is 10.8 Å². The average molecular weight is 251 g/mol.